The number of rotatable bonds is 5. The van der Waals surface area contributed by atoms with Crippen LogP contribution in [0.5, 0.6) is 5.75 Å². The molecule has 6 heteroatoms. The van der Waals surface area contributed by atoms with Gasteiger partial charge in [-0.1, -0.05) is 18.2 Å². The molecule has 1 N–H and O–H groups in total. The summed E-state index contributed by atoms with van der Waals surface area (Å²) in [5.74, 6) is 0.398. The smallest absolute Gasteiger partial charge is 0.274 e. The number of amides is 1. The highest BCUT2D eigenvalue weighted by Gasteiger charge is 2.16. The summed E-state index contributed by atoms with van der Waals surface area (Å²) in [5.41, 5.74) is 6.03. The molecule has 0 atom stereocenters. The van der Waals surface area contributed by atoms with Crippen LogP contribution in [0.15, 0.2) is 47.3 Å². The van der Waals surface area contributed by atoms with Crippen molar-refractivity contribution in [2.75, 3.05) is 5.32 Å². The molecule has 1 aromatic carbocycles. The average molecular weight is 365 g/mol. The maximum Gasteiger partial charge on any atom is 0.274 e. The van der Waals surface area contributed by atoms with Crippen molar-refractivity contribution in [2.45, 2.75) is 32.3 Å². The van der Waals surface area contributed by atoms with Crippen molar-refractivity contribution in [1.82, 2.24) is 9.97 Å². The molecule has 5 nitrogen and oxygen atoms in total. The van der Waals surface area contributed by atoms with Gasteiger partial charge in [0.1, 0.15) is 18.1 Å². The lowest BCUT2D eigenvalue weighted by Gasteiger charge is -2.16. The van der Waals surface area contributed by atoms with Crippen molar-refractivity contribution in [3.05, 3.63) is 69.9 Å². The lowest BCUT2D eigenvalue weighted by atomic mass is 9.96. The van der Waals surface area contributed by atoms with E-state index in [2.05, 4.69) is 15.3 Å². The molecule has 0 spiro atoms. The van der Waals surface area contributed by atoms with E-state index in [1.165, 1.54) is 23.3 Å². The zero-order valence-electron chi connectivity index (χ0n) is 14.3. The minimum absolute atomic E-state index is 0.219. The highest BCUT2D eigenvalue weighted by atomic mass is 32.1. The highest BCUT2D eigenvalue weighted by Crippen LogP contribution is 2.26. The molecule has 2 aromatic heterocycles. The number of benzene rings is 1. The Balaban J connectivity index is 1.49. The third kappa shape index (κ3) is 3.75. The van der Waals surface area contributed by atoms with Crippen molar-refractivity contribution >= 4 is 22.9 Å². The second-order valence-corrected chi connectivity index (χ2v) is 6.95. The average Bonchev–Trinajstić information content (AvgIpc) is 3.20. The van der Waals surface area contributed by atoms with Crippen LogP contribution in [0.25, 0.3) is 0 Å². The molecular formula is C20H19N3O2S. The Morgan fingerprint density at radius 2 is 2.04 bits per heavy atom. The number of ether oxygens (including phenoxy) is 1. The first-order valence-electron chi connectivity index (χ1n) is 8.68. The van der Waals surface area contributed by atoms with Gasteiger partial charge in [-0.2, -0.15) is 0 Å². The quantitative estimate of drug-likeness (QED) is 0.734. The summed E-state index contributed by atoms with van der Waals surface area (Å²) >= 11 is 1.53. The number of aromatic nitrogens is 2. The molecule has 0 saturated heterocycles. The number of nitrogens with zero attached hydrogens (tertiary/aromatic N) is 2. The SMILES string of the molecule is O=C(Nc1ccccc1OCc1cscn1)c1ccc2c(n1)CCCC2. The third-order valence-corrected chi connectivity index (χ3v) is 5.04. The van der Waals surface area contributed by atoms with E-state index in [0.717, 1.165) is 30.7 Å². The summed E-state index contributed by atoms with van der Waals surface area (Å²) in [6.07, 6.45) is 4.34. The Labute approximate surface area is 156 Å². The van der Waals surface area contributed by atoms with Crippen LogP contribution in [-0.2, 0) is 19.4 Å². The maximum absolute atomic E-state index is 12.6. The fourth-order valence-electron chi connectivity index (χ4n) is 3.05. The molecule has 0 fully saturated rings. The number of nitrogens with one attached hydrogen (secondary N) is 1. The fraction of sp³-hybridized carbons (Fsp3) is 0.250. The molecule has 0 radical (unpaired) electrons. The first-order valence-corrected chi connectivity index (χ1v) is 9.63. The molecule has 132 valence electrons. The lowest BCUT2D eigenvalue weighted by molar-refractivity contribution is 0.102. The zero-order chi connectivity index (χ0) is 17.8. The summed E-state index contributed by atoms with van der Waals surface area (Å²) in [5, 5.41) is 4.86. The van der Waals surface area contributed by atoms with Gasteiger partial charge >= 0.3 is 0 Å². The van der Waals surface area contributed by atoms with Gasteiger partial charge in [-0.05, 0) is 49.4 Å². The van der Waals surface area contributed by atoms with Crippen LogP contribution in [0.4, 0.5) is 5.69 Å². The van der Waals surface area contributed by atoms with Gasteiger partial charge in [0.05, 0.1) is 16.9 Å². The standard InChI is InChI=1S/C20H19N3O2S/c24-20(18-10-9-14-5-1-2-6-16(14)22-18)23-17-7-3-4-8-19(17)25-11-15-12-26-13-21-15/h3-4,7-10,12-13H,1-2,5-6,11H2,(H,23,24). The van der Waals surface area contributed by atoms with Crippen LogP contribution in [0.3, 0.4) is 0 Å². The Kier molecular flexibility index (Phi) is 4.93. The lowest BCUT2D eigenvalue weighted by Crippen LogP contribution is -2.17. The van der Waals surface area contributed by atoms with Crippen molar-refractivity contribution in [2.24, 2.45) is 0 Å². The Bertz CT molecular complexity index is 909. The minimum atomic E-state index is -0.219. The van der Waals surface area contributed by atoms with Gasteiger partial charge in [-0.25, -0.2) is 9.97 Å². The summed E-state index contributed by atoms with van der Waals surface area (Å²) in [6.45, 7) is 0.369. The molecule has 0 bridgehead atoms. The fourth-order valence-corrected chi connectivity index (χ4v) is 3.59. The number of carbonyl (C=O) groups excluding carboxylic acids is 1. The molecular weight excluding hydrogens is 346 g/mol. The maximum atomic E-state index is 12.6. The predicted octanol–water partition coefficient (Wildman–Crippen LogP) is 4.25. The van der Waals surface area contributed by atoms with E-state index in [4.69, 9.17) is 4.74 Å². The van der Waals surface area contributed by atoms with Gasteiger partial charge in [-0.3, -0.25) is 4.79 Å². The summed E-state index contributed by atoms with van der Waals surface area (Å²) in [4.78, 5) is 21.4. The number of para-hydroxylation sites is 2. The summed E-state index contributed by atoms with van der Waals surface area (Å²) in [7, 11) is 0. The van der Waals surface area contributed by atoms with Crippen LogP contribution in [0, 0.1) is 0 Å². The Morgan fingerprint density at radius 1 is 1.15 bits per heavy atom. The minimum Gasteiger partial charge on any atom is -0.485 e. The van der Waals surface area contributed by atoms with Crippen LogP contribution in [0.2, 0.25) is 0 Å². The van der Waals surface area contributed by atoms with E-state index in [1.807, 2.05) is 35.7 Å². The second kappa shape index (κ2) is 7.66. The number of fused-ring (bicyclic) bond motifs is 1. The van der Waals surface area contributed by atoms with Crippen LogP contribution in [-0.4, -0.2) is 15.9 Å². The third-order valence-electron chi connectivity index (χ3n) is 4.41. The van der Waals surface area contributed by atoms with E-state index >= 15 is 0 Å². The molecule has 26 heavy (non-hydrogen) atoms. The number of pyridine rings is 1. The zero-order valence-corrected chi connectivity index (χ0v) is 15.1. The van der Waals surface area contributed by atoms with Crippen molar-refractivity contribution < 1.29 is 9.53 Å². The van der Waals surface area contributed by atoms with Gasteiger partial charge in [0.2, 0.25) is 0 Å². The van der Waals surface area contributed by atoms with Crippen molar-refractivity contribution in [3.8, 4) is 5.75 Å². The number of carbonyl (C=O) groups is 1. The van der Waals surface area contributed by atoms with E-state index in [1.54, 1.807) is 11.6 Å². The van der Waals surface area contributed by atoms with Crippen molar-refractivity contribution in [3.63, 3.8) is 0 Å². The first-order chi connectivity index (χ1) is 12.8. The topological polar surface area (TPSA) is 64.1 Å². The Morgan fingerprint density at radius 3 is 2.92 bits per heavy atom. The number of hydrogen-bond donors (Lipinski definition) is 1. The summed E-state index contributed by atoms with van der Waals surface area (Å²) < 4.78 is 5.82. The molecule has 4 rings (SSSR count). The molecule has 2 heterocycles. The Hall–Kier alpha value is -2.73. The van der Waals surface area contributed by atoms with E-state index in [-0.39, 0.29) is 5.91 Å². The van der Waals surface area contributed by atoms with Gasteiger partial charge in [-0.15, -0.1) is 11.3 Å². The molecule has 1 aliphatic carbocycles. The van der Waals surface area contributed by atoms with Crippen LogP contribution < -0.4 is 10.1 Å². The summed E-state index contributed by atoms with van der Waals surface area (Å²) in [6, 6.07) is 11.2. The molecule has 0 saturated carbocycles. The number of aryl methyl sites for hydroxylation is 2. The number of thiazole rings is 1. The van der Waals surface area contributed by atoms with Gasteiger partial charge in [0.15, 0.2) is 0 Å². The van der Waals surface area contributed by atoms with E-state index < -0.39 is 0 Å². The van der Waals surface area contributed by atoms with Crippen molar-refractivity contribution in [1.29, 1.82) is 0 Å². The van der Waals surface area contributed by atoms with Crippen LogP contribution in [0.1, 0.15) is 40.3 Å². The van der Waals surface area contributed by atoms with Crippen LogP contribution >= 0.6 is 11.3 Å². The normalized spacial score (nSPS) is 13.1. The predicted molar refractivity (Wildman–Crippen MR) is 102 cm³/mol. The molecule has 1 aliphatic rings. The van der Waals surface area contributed by atoms with Gasteiger partial charge in [0, 0.05) is 11.1 Å². The monoisotopic (exact) mass is 365 g/mol. The molecule has 0 aliphatic heterocycles. The second-order valence-electron chi connectivity index (χ2n) is 6.23. The van der Waals surface area contributed by atoms with E-state index in [0.29, 0.717) is 23.7 Å². The number of hydrogen-bond acceptors (Lipinski definition) is 5. The molecule has 0 unspecified atom stereocenters. The van der Waals surface area contributed by atoms with Gasteiger partial charge in [0.25, 0.3) is 5.91 Å². The highest BCUT2D eigenvalue weighted by molar-refractivity contribution is 7.07. The largest absolute Gasteiger partial charge is 0.485 e. The molecule has 3 aromatic rings. The first kappa shape index (κ1) is 16.7. The molecule has 1 amide bonds. The number of anilines is 1. The van der Waals surface area contributed by atoms with Gasteiger partial charge < -0.3 is 10.1 Å². The van der Waals surface area contributed by atoms with E-state index in [9.17, 15) is 4.79 Å².